The summed E-state index contributed by atoms with van der Waals surface area (Å²) in [6, 6.07) is 19.5. The van der Waals surface area contributed by atoms with Crippen LogP contribution >= 0.6 is 0 Å². The van der Waals surface area contributed by atoms with E-state index in [1.165, 1.54) is 0 Å². The van der Waals surface area contributed by atoms with Gasteiger partial charge in [-0.1, -0.05) is 36.4 Å². The van der Waals surface area contributed by atoms with E-state index in [1.807, 2.05) is 72.8 Å². The normalized spacial score (nSPS) is 10.4. The topological polar surface area (TPSA) is 18.5 Å². The molecule has 2 nitrogen and oxygen atoms in total. The van der Waals surface area contributed by atoms with Crippen LogP contribution in [0.5, 0.6) is 11.5 Å². The van der Waals surface area contributed by atoms with Crippen LogP contribution in [0.25, 0.3) is 0 Å². The lowest BCUT2D eigenvalue weighted by Crippen LogP contribution is -1.96. The molecule has 0 N–H and O–H groups in total. The van der Waals surface area contributed by atoms with Crippen molar-refractivity contribution in [1.82, 2.24) is 0 Å². The van der Waals surface area contributed by atoms with Crippen LogP contribution in [0.15, 0.2) is 72.8 Å². The zero-order valence-electron chi connectivity index (χ0n) is 10.2. The maximum atomic E-state index is 5.52. The van der Waals surface area contributed by atoms with Gasteiger partial charge < -0.3 is 9.47 Å². The van der Waals surface area contributed by atoms with Crippen LogP contribution in [0.4, 0.5) is 0 Å². The van der Waals surface area contributed by atoms with Gasteiger partial charge in [0.05, 0.1) is 0 Å². The van der Waals surface area contributed by atoms with Crippen LogP contribution in [-0.2, 0) is 0 Å². The number of benzene rings is 2. The summed E-state index contributed by atoms with van der Waals surface area (Å²) in [6.45, 7) is 1.12. The minimum atomic E-state index is 0.558. The van der Waals surface area contributed by atoms with Gasteiger partial charge in [-0.25, -0.2) is 0 Å². The molecule has 0 fully saturated rings. The number of rotatable bonds is 6. The number of hydrogen-bond donors (Lipinski definition) is 0. The molecule has 2 heteroatoms. The van der Waals surface area contributed by atoms with Gasteiger partial charge in [0.1, 0.15) is 24.7 Å². The first-order valence-electron chi connectivity index (χ1n) is 5.96. The second kappa shape index (κ2) is 7.17. The average molecular weight is 240 g/mol. The Bertz CT molecular complexity index is 417. The number of ether oxygens (including phenoxy) is 2. The summed E-state index contributed by atoms with van der Waals surface area (Å²) in [5.41, 5.74) is 0. The van der Waals surface area contributed by atoms with Crippen molar-refractivity contribution in [2.45, 2.75) is 0 Å². The summed E-state index contributed by atoms with van der Waals surface area (Å²) in [4.78, 5) is 0. The first kappa shape index (κ1) is 12.2. The van der Waals surface area contributed by atoms with Crippen LogP contribution in [-0.4, -0.2) is 13.2 Å². The predicted octanol–water partition coefficient (Wildman–Crippen LogP) is 3.70. The third-order valence-electron chi connectivity index (χ3n) is 2.35. The summed E-state index contributed by atoms with van der Waals surface area (Å²) < 4.78 is 11.0. The fraction of sp³-hybridized carbons (Fsp3) is 0.125. The zero-order chi connectivity index (χ0) is 12.5. The minimum Gasteiger partial charge on any atom is -0.490 e. The molecule has 2 aromatic rings. The van der Waals surface area contributed by atoms with Crippen LogP contribution in [0.3, 0.4) is 0 Å². The lowest BCUT2D eigenvalue weighted by molar-refractivity contribution is 0.350. The van der Waals surface area contributed by atoms with E-state index in [1.54, 1.807) is 0 Å². The Kier molecular flexibility index (Phi) is 4.88. The first-order chi connectivity index (χ1) is 8.95. The van der Waals surface area contributed by atoms with Crippen molar-refractivity contribution < 1.29 is 9.47 Å². The summed E-state index contributed by atoms with van der Waals surface area (Å²) >= 11 is 0. The van der Waals surface area contributed by atoms with Gasteiger partial charge in [-0.15, -0.1) is 0 Å². The molecule has 0 atom stereocenters. The highest BCUT2D eigenvalue weighted by molar-refractivity contribution is 5.22. The summed E-state index contributed by atoms with van der Waals surface area (Å²) in [7, 11) is 0. The van der Waals surface area contributed by atoms with Crippen molar-refractivity contribution in [1.29, 1.82) is 0 Å². The maximum Gasteiger partial charge on any atom is 0.119 e. The third kappa shape index (κ3) is 4.34. The van der Waals surface area contributed by atoms with Gasteiger partial charge in [0.15, 0.2) is 0 Å². The molecule has 0 heterocycles. The van der Waals surface area contributed by atoms with Crippen molar-refractivity contribution >= 4 is 0 Å². The molecule has 18 heavy (non-hydrogen) atoms. The van der Waals surface area contributed by atoms with Crippen molar-refractivity contribution in [2.24, 2.45) is 0 Å². The Labute approximate surface area is 107 Å². The Morgan fingerprint density at radius 2 is 1.00 bits per heavy atom. The van der Waals surface area contributed by atoms with E-state index >= 15 is 0 Å². The van der Waals surface area contributed by atoms with Crippen molar-refractivity contribution in [3.05, 3.63) is 72.8 Å². The highest BCUT2D eigenvalue weighted by Gasteiger charge is 1.89. The second-order valence-corrected chi connectivity index (χ2v) is 3.72. The zero-order valence-corrected chi connectivity index (χ0v) is 10.2. The van der Waals surface area contributed by atoms with Gasteiger partial charge in [-0.05, 0) is 36.4 Å². The summed E-state index contributed by atoms with van der Waals surface area (Å²) in [5.74, 6) is 1.76. The first-order valence-corrected chi connectivity index (χ1v) is 5.96. The molecule has 2 rings (SSSR count). The van der Waals surface area contributed by atoms with Gasteiger partial charge in [0.2, 0.25) is 0 Å². The molecule has 0 amide bonds. The lowest BCUT2D eigenvalue weighted by Gasteiger charge is -2.03. The van der Waals surface area contributed by atoms with Crippen LogP contribution in [0.1, 0.15) is 0 Å². The van der Waals surface area contributed by atoms with E-state index in [0.29, 0.717) is 13.2 Å². The molecule has 0 saturated heterocycles. The average Bonchev–Trinajstić information content (AvgIpc) is 2.45. The Hall–Kier alpha value is -2.22. The smallest absolute Gasteiger partial charge is 0.119 e. The lowest BCUT2D eigenvalue weighted by atomic mass is 10.3. The molecule has 0 saturated carbocycles. The fourth-order valence-electron chi connectivity index (χ4n) is 1.46. The van der Waals surface area contributed by atoms with Gasteiger partial charge >= 0.3 is 0 Å². The third-order valence-corrected chi connectivity index (χ3v) is 2.35. The van der Waals surface area contributed by atoms with E-state index in [2.05, 4.69) is 0 Å². The molecule has 2 aromatic carbocycles. The largest absolute Gasteiger partial charge is 0.490 e. The van der Waals surface area contributed by atoms with E-state index in [9.17, 15) is 0 Å². The fourth-order valence-corrected chi connectivity index (χ4v) is 1.46. The molecule has 0 bridgehead atoms. The van der Waals surface area contributed by atoms with E-state index < -0.39 is 0 Å². The monoisotopic (exact) mass is 240 g/mol. The number of para-hydroxylation sites is 2. The van der Waals surface area contributed by atoms with Crippen LogP contribution < -0.4 is 9.47 Å². The Balaban J connectivity index is 1.64. The molecule has 0 aliphatic heterocycles. The second-order valence-electron chi connectivity index (χ2n) is 3.72. The maximum absolute atomic E-state index is 5.52. The van der Waals surface area contributed by atoms with Crippen LogP contribution in [0.2, 0.25) is 0 Å². The minimum absolute atomic E-state index is 0.558. The quantitative estimate of drug-likeness (QED) is 0.717. The van der Waals surface area contributed by atoms with Gasteiger partial charge in [0.25, 0.3) is 0 Å². The molecule has 0 spiro atoms. The summed E-state index contributed by atoms with van der Waals surface area (Å²) in [6.07, 6.45) is 3.91. The Morgan fingerprint density at radius 3 is 1.39 bits per heavy atom. The molecule has 92 valence electrons. The van der Waals surface area contributed by atoms with E-state index in [0.717, 1.165) is 11.5 Å². The molecule has 0 radical (unpaired) electrons. The highest BCUT2D eigenvalue weighted by atomic mass is 16.5. The molecule has 0 unspecified atom stereocenters. The van der Waals surface area contributed by atoms with Crippen molar-refractivity contribution in [2.75, 3.05) is 13.2 Å². The molecule has 0 aliphatic rings. The molecular weight excluding hydrogens is 224 g/mol. The van der Waals surface area contributed by atoms with Gasteiger partial charge in [-0.3, -0.25) is 0 Å². The van der Waals surface area contributed by atoms with Gasteiger partial charge in [-0.2, -0.15) is 0 Å². The van der Waals surface area contributed by atoms with E-state index in [4.69, 9.17) is 9.47 Å². The molecule has 0 aromatic heterocycles. The predicted molar refractivity (Wildman–Crippen MR) is 73.0 cm³/mol. The van der Waals surface area contributed by atoms with E-state index in [-0.39, 0.29) is 0 Å². The van der Waals surface area contributed by atoms with Crippen LogP contribution in [0, 0.1) is 0 Å². The Morgan fingerprint density at radius 1 is 0.611 bits per heavy atom. The standard InChI is InChI=1S/C16H16O2/c1-3-9-15(10-4-1)17-13-7-8-14-18-16-11-5-2-6-12-16/h1-12H,13-14H2. The highest BCUT2D eigenvalue weighted by Crippen LogP contribution is 2.09. The molecule has 0 aliphatic carbocycles. The molecular formula is C16H16O2. The van der Waals surface area contributed by atoms with Gasteiger partial charge in [0, 0.05) is 0 Å². The van der Waals surface area contributed by atoms with Crippen molar-refractivity contribution in [3.63, 3.8) is 0 Å². The van der Waals surface area contributed by atoms with Crippen molar-refractivity contribution in [3.8, 4) is 11.5 Å². The number of hydrogen-bond acceptors (Lipinski definition) is 2. The summed E-state index contributed by atoms with van der Waals surface area (Å²) in [5, 5.41) is 0. The SMILES string of the molecule is C(=CCOc1ccccc1)COc1ccccc1.